The molecule has 1 atom stereocenters. The first-order valence-electron chi connectivity index (χ1n) is 9.65. The first-order valence-corrected chi connectivity index (χ1v) is 10.4. The Morgan fingerprint density at radius 2 is 1.85 bits per heavy atom. The molecule has 1 unspecified atom stereocenters. The lowest BCUT2D eigenvalue weighted by molar-refractivity contribution is -0.144. The maximum absolute atomic E-state index is 13.0. The predicted octanol–water partition coefficient (Wildman–Crippen LogP) is 4.80. The Morgan fingerprint density at radius 1 is 1.18 bits per heavy atom. The molecule has 7 nitrogen and oxygen atoms in total. The van der Waals surface area contributed by atoms with Crippen molar-refractivity contribution < 1.29 is 32.2 Å². The van der Waals surface area contributed by atoms with Crippen LogP contribution >= 0.6 is 23.2 Å². The highest BCUT2D eigenvalue weighted by Gasteiger charge is 2.32. The van der Waals surface area contributed by atoms with Crippen molar-refractivity contribution in [3.63, 3.8) is 0 Å². The molecular formula is C21H18Cl2F3N3O4. The Bertz CT molecular complexity index is 1170. The molecule has 3 aromatic rings. The average Bonchev–Trinajstić information content (AvgIpc) is 3.14. The van der Waals surface area contributed by atoms with Gasteiger partial charge in [0.15, 0.2) is 6.10 Å². The maximum atomic E-state index is 13.0. The monoisotopic (exact) mass is 503 g/mol. The fraction of sp³-hybridized carbons (Fsp3) is 0.286. The lowest BCUT2D eigenvalue weighted by Gasteiger charge is -2.15. The van der Waals surface area contributed by atoms with Crippen molar-refractivity contribution >= 4 is 46.0 Å². The number of carbonyl (C=O) groups is 2. The smallest absolute Gasteiger partial charge is 0.416 e. The zero-order valence-corrected chi connectivity index (χ0v) is 18.9. The molecule has 1 aromatic heterocycles. The van der Waals surface area contributed by atoms with Crippen molar-refractivity contribution in [2.24, 2.45) is 0 Å². The standard InChI is InChI=1S/C21H18Cl2F3N3O4/c1-3-32-18(30)10-27-20(31)11(2)33-14-5-4-12-9-28-29(17(12)8-14)19-15(22)6-13(7-16(19)23)21(24,25)26/h4-9,11H,3,10H2,1-2H3,(H,27,31). The third-order valence-electron chi connectivity index (χ3n) is 4.49. The van der Waals surface area contributed by atoms with Crippen LogP contribution in [-0.4, -0.2) is 40.9 Å². The minimum atomic E-state index is -4.61. The molecule has 33 heavy (non-hydrogen) atoms. The molecular weight excluding hydrogens is 486 g/mol. The van der Waals surface area contributed by atoms with Gasteiger partial charge in [-0.25, -0.2) is 4.68 Å². The van der Waals surface area contributed by atoms with Gasteiger partial charge in [-0.2, -0.15) is 18.3 Å². The number of amides is 1. The molecule has 0 bridgehead atoms. The summed E-state index contributed by atoms with van der Waals surface area (Å²) in [6, 6.07) is 6.34. The minimum Gasteiger partial charge on any atom is -0.481 e. The fourth-order valence-electron chi connectivity index (χ4n) is 2.95. The molecule has 3 rings (SSSR count). The van der Waals surface area contributed by atoms with Crippen molar-refractivity contribution in [3.8, 4) is 11.4 Å². The van der Waals surface area contributed by atoms with Crippen LogP contribution in [-0.2, 0) is 20.5 Å². The molecule has 1 heterocycles. The lowest BCUT2D eigenvalue weighted by atomic mass is 10.2. The van der Waals surface area contributed by atoms with E-state index in [-0.39, 0.29) is 34.6 Å². The molecule has 0 spiro atoms. The van der Waals surface area contributed by atoms with Crippen LogP contribution in [0.5, 0.6) is 5.75 Å². The molecule has 0 aliphatic rings. The minimum absolute atomic E-state index is 0.0683. The number of hydrogen-bond donors (Lipinski definition) is 1. The van der Waals surface area contributed by atoms with Crippen LogP contribution in [0.3, 0.4) is 0 Å². The third kappa shape index (κ3) is 5.69. The maximum Gasteiger partial charge on any atom is 0.416 e. The largest absolute Gasteiger partial charge is 0.481 e. The number of hydrogen-bond acceptors (Lipinski definition) is 5. The summed E-state index contributed by atoms with van der Waals surface area (Å²) < 4.78 is 50.8. The summed E-state index contributed by atoms with van der Waals surface area (Å²) in [5, 5.41) is 6.74. The van der Waals surface area contributed by atoms with Crippen LogP contribution in [0.15, 0.2) is 36.5 Å². The molecule has 1 N–H and O–H groups in total. The first kappa shape index (κ1) is 24.7. The number of alkyl halides is 3. The van der Waals surface area contributed by atoms with Crippen LogP contribution in [0.25, 0.3) is 16.6 Å². The van der Waals surface area contributed by atoms with E-state index in [0.29, 0.717) is 10.9 Å². The number of ether oxygens (including phenoxy) is 2. The number of rotatable bonds is 7. The Kier molecular flexibility index (Phi) is 7.38. The van der Waals surface area contributed by atoms with Gasteiger partial charge in [0.1, 0.15) is 18.0 Å². The van der Waals surface area contributed by atoms with Crippen molar-refractivity contribution in [1.29, 1.82) is 0 Å². The SMILES string of the molecule is CCOC(=O)CNC(=O)C(C)Oc1ccc2cnn(-c3c(Cl)cc(C(F)(F)F)cc3Cl)c2c1. The number of nitrogens with one attached hydrogen (secondary N) is 1. The second-order valence-corrected chi connectivity index (χ2v) is 7.66. The van der Waals surface area contributed by atoms with E-state index in [1.807, 2.05) is 0 Å². The van der Waals surface area contributed by atoms with E-state index in [0.717, 1.165) is 12.1 Å². The molecule has 176 valence electrons. The van der Waals surface area contributed by atoms with E-state index < -0.39 is 29.7 Å². The molecule has 0 fully saturated rings. The molecule has 0 aliphatic carbocycles. The fourth-order valence-corrected chi connectivity index (χ4v) is 3.60. The third-order valence-corrected chi connectivity index (χ3v) is 5.07. The summed E-state index contributed by atoms with van der Waals surface area (Å²) in [5.41, 5.74) is -0.474. The molecule has 12 heteroatoms. The van der Waals surface area contributed by atoms with Gasteiger partial charge in [-0.1, -0.05) is 23.2 Å². The Morgan fingerprint density at radius 3 is 2.45 bits per heavy atom. The van der Waals surface area contributed by atoms with Gasteiger partial charge in [-0.3, -0.25) is 9.59 Å². The summed E-state index contributed by atoms with van der Waals surface area (Å²) in [7, 11) is 0. The number of carbonyl (C=O) groups excluding carboxylic acids is 2. The number of aromatic nitrogens is 2. The zero-order chi connectivity index (χ0) is 24.3. The van der Waals surface area contributed by atoms with Crippen molar-refractivity contribution in [2.75, 3.05) is 13.2 Å². The normalized spacial score (nSPS) is 12.5. The van der Waals surface area contributed by atoms with Crippen LogP contribution in [0.4, 0.5) is 13.2 Å². The Labute approximate surface area is 196 Å². The van der Waals surface area contributed by atoms with Gasteiger partial charge in [-0.05, 0) is 38.1 Å². The van der Waals surface area contributed by atoms with Gasteiger partial charge in [0.2, 0.25) is 0 Å². The number of halogens is 5. The second kappa shape index (κ2) is 9.88. The topological polar surface area (TPSA) is 82.4 Å². The average molecular weight is 504 g/mol. The van der Waals surface area contributed by atoms with Gasteiger partial charge >= 0.3 is 12.1 Å². The lowest BCUT2D eigenvalue weighted by Crippen LogP contribution is -2.39. The number of fused-ring (bicyclic) bond motifs is 1. The van der Waals surface area contributed by atoms with Gasteiger partial charge in [0.05, 0.1) is 33.9 Å². The predicted molar refractivity (Wildman–Crippen MR) is 116 cm³/mol. The number of benzene rings is 2. The number of esters is 1. The first-order chi connectivity index (χ1) is 15.5. The molecule has 0 aliphatic heterocycles. The quantitative estimate of drug-likeness (QED) is 0.468. The highest BCUT2D eigenvalue weighted by Crippen LogP contribution is 2.38. The molecule has 2 aromatic carbocycles. The van der Waals surface area contributed by atoms with E-state index in [1.54, 1.807) is 25.1 Å². The molecule has 1 amide bonds. The van der Waals surface area contributed by atoms with Crippen LogP contribution < -0.4 is 10.1 Å². The second-order valence-electron chi connectivity index (χ2n) is 6.85. The molecule has 0 saturated carbocycles. The van der Waals surface area contributed by atoms with E-state index in [1.165, 1.54) is 17.8 Å². The van der Waals surface area contributed by atoms with Gasteiger partial charge in [0, 0.05) is 11.5 Å². The van der Waals surface area contributed by atoms with Crippen molar-refractivity contribution in [2.45, 2.75) is 26.1 Å². The van der Waals surface area contributed by atoms with Crippen molar-refractivity contribution in [3.05, 3.63) is 52.1 Å². The van der Waals surface area contributed by atoms with E-state index in [4.69, 9.17) is 32.7 Å². The summed E-state index contributed by atoms with van der Waals surface area (Å²) in [5.74, 6) is -0.832. The van der Waals surface area contributed by atoms with Crippen LogP contribution in [0.2, 0.25) is 10.0 Å². The molecule has 0 saturated heterocycles. The summed E-state index contributed by atoms with van der Waals surface area (Å²) in [6.07, 6.45) is -4.08. The molecule has 0 radical (unpaired) electrons. The highest BCUT2D eigenvalue weighted by molar-refractivity contribution is 6.38. The summed E-state index contributed by atoms with van der Waals surface area (Å²) >= 11 is 12.2. The van der Waals surface area contributed by atoms with Gasteiger partial charge in [0.25, 0.3) is 5.91 Å². The van der Waals surface area contributed by atoms with Crippen molar-refractivity contribution in [1.82, 2.24) is 15.1 Å². The van der Waals surface area contributed by atoms with Gasteiger partial charge < -0.3 is 14.8 Å². The summed E-state index contributed by atoms with van der Waals surface area (Å²) in [4.78, 5) is 23.5. The van der Waals surface area contributed by atoms with E-state index in [9.17, 15) is 22.8 Å². The van der Waals surface area contributed by atoms with Crippen LogP contribution in [0, 0.1) is 0 Å². The Hall–Kier alpha value is -2.98. The Balaban J connectivity index is 1.86. The van der Waals surface area contributed by atoms with E-state index in [2.05, 4.69) is 10.4 Å². The van der Waals surface area contributed by atoms with Gasteiger partial charge in [-0.15, -0.1) is 0 Å². The summed E-state index contributed by atoms with van der Waals surface area (Å²) in [6.45, 7) is 3.04. The van der Waals surface area contributed by atoms with Crippen LogP contribution in [0.1, 0.15) is 19.4 Å². The zero-order valence-electron chi connectivity index (χ0n) is 17.4. The number of nitrogens with zero attached hydrogens (tertiary/aromatic N) is 2. The van der Waals surface area contributed by atoms with E-state index >= 15 is 0 Å². The highest BCUT2D eigenvalue weighted by atomic mass is 35.5.